The van der Waals surface area contributed by atoms with Crippen molar-refractivity contribution in [3.63, 3.8) is 0 Å². The maximum absolute atomic E-state index is 12.5. The molecule has 3 aromatic heterocycles. The first-order valence-corrected chi connectivity index (χ1v) is 8.17. The molecule has 136 valence electrons. The number of aromatic nitrogens is 4. The van der Waals surface area contributed by atoms with Crippen LogP contribution >= 0.6 is 0 Å². The number of hydrogen-bond acceptors (Lipinski definition) is 5. The summed E-state index contributed by atoms with van der Waals surface area (Å²) in [6, 6.07) is 3.51. The highest BCUT2D eigenvalue weighted by molar-refractivity contribution is 6.08. The van der Waals surface area contributed by atoms with Crippen LogP contribution < -0.4 is 10.6 Å². The molecule has 0 spiro atoms. The molecule has 0 aliphatic rings. The molecule has 0 atom stereocenters. The Morgan fingerprint density at radius 2 is 2.12 bits per heavy atom. The molecule has 0 saturated carbocycles. The third-order valence-electron chi connectivity index (χ3n) is 4.03. The second-order valence-electron chi connectivity index (χ2n) is 5.73. The highest BCUT2D eigenvalue weighted by Crippen LogP contribution is 2.17. The fourth-order valence-electron chi connectivity index (χ4n) is 2.42. The van der Waals surface area contributed by atoms with Crippen molar-refractivity contribution in [2.45, 2.75) is 26.9 Å². The predicted octanol–water partition coefficient (Wildman–Crippen LogP) is 1.72. The second kappa shape index (κ2) is 7.26. The summed E-state index contributed by atoms with van der Waals surface area (Å²) in [4.78, 5) is 25.0. The van der Waals surface area contributed by atoms with Gasteiger partial charge < -0.3 is 15.1 Å². The SMILES string of the molecule is CCn1cc(NC(=O)c2cnn(C)c2C)c(C(=O)NCc2ccco2)n1. The van der Waals surface area contributed by atoms with Gasteiger partial charge in [0.25, 0.3) is 11.8 Å². The van der Waals surface area contributed by atoms with Crippen LogP contribution in [0.25, 0.3) is 0 Å². The number of carbonyl (C=O) groups is 2. The second-order valence-corrected chi connectivity index (χ2v) is 5.73. The lowest BCUT2D eigenvalue weighted by molar-refractivity contribution is 0.0943. The first kappa shape index (κ1) is 17.5. The Balaban J connectivity index is 1.78. The van der Waals surface area contributed by atoms with E-state index in [-0.39, 0.29) is 18.1 Å². The lowest BCUT2D eigenvalue weighted by Gasteiger charge is -2.05. The Morgan fingerprint density at radius 1 is 1.31 bits per heavy atom. The Bertz CT molecular complexity index is 923. The predicted molar refractivity (Wildman–Crippen MR) is 93.7 cm³/mol. The molecule has 2 N–H and O–H groups in total. The summed E-state index contributed by atoms with van der Waals surface area (Å²) >= 11 is 0. The molecule has 3 rings (SSSR count). The number of carbonyl (C=O) groups excluding carboxylic acids is 2. The summed E-state index contributed by atoms with van der Waals surface area (Å²) in [5.74, 6) is -0.108. The van der Waals surface area contributed by atoms with Gasteiger partial charge in [0, 0.05) is 25.5 Å². The van der Waals surface area contributed by atoms with Crippen molar-refractivity contribution in [3.8, 4) is 0 Å². The first-order valence-electron chi connectivity index (χ1n) is 8.17. The van der Waals surface area contributed by atoms with Crippen molar-refractivity contribution in [2.75, 3.05) is 5.32 Å². The minimum atomic E-state index is -0.396. The summed E-state index contributed by atoms with van der Waals surface area (Å²) in [5.41, 5.74) is 1.67. The highest BCUT2D eigenvalue weighted by Gasteiger charge is 2.21. The highest BCUT2D eigenvalue weighted by atomic mass is 16.3. The minimum absolute atomic E-state index is 0.147. The van der Waals surface area contributed by atoms with Gasteiger partial charge in [0.2, 0.25) is 0 Å². The van der Waals surface area contributed by atoms with Gasteiger partial charge in [0.05, 0.1) is 30.3 Å². The number of nitrogens with one attached hydrogen (secondary N) is 2. The Morgan fingerprint density at radius 3 is 2.73 bits per heavy atom. The Kier molecular flexibility index (Phi) is 4.87. The maximum atomic E-state index is 12.5. The van der Waals surface area contributed by atoms with Crippen LogP contribution in [-0.2, 0) is 20.1 Å². The molecule has 0 fully saturated rings. The fraction of sp³-hybridized carbons (Fsp3) is 0.294. The third-order valence-corrected chi connectivity index (χ3v) is 4.03. The van der Waals surface area contributed by atoms with Crippen LogP contribution in [0.1, 0.15) is 39.2 Å². The van der Waals surface area contributed by atoms with Gasteiger partial charge >= 0.3 is 0 Å². The van der Waals surface area contributed by atoms with Crippen molar-refractivity contribution in [2.24, 2.45) is 7.05 Å². The van der Waals surface area contributed by atoms with Gasteiger partial charge in [-0.2, -0.15) is 10.2 Å². The molecule has 0 unspecified atom stereocenters. The molecule has 3 aromatic rings. The van der Waals surface area contributed by atoms with Crippen LogP contribution in [0.4, 0.5) is 5.69 Å². The zero-order chi connectivity index (χ0) is 18.7. The summed E-state index contributed by atoms with van der Waals surface area (Å²) in [6.45, 7) is 4.50. The number of nitrogens with zero attached hydrogens (tertiary/aromatic N) is 4. The lowest BCUT2D eigenvalue weighted by Crippen LogP contribution is -2.25. The molecule has 0 aliphatic carbocycles. The molecule has 9 heteroatoms. The minimum Gasteiger partial charge on any atom is -0.467 e. The molecule has 0 radical (unpaired) electrons. The van der Waals surface area contributed by atoms with Crippen LogP contribution in [-0.4, -0.2) is 31.4 Å². The van der Waals surface area contributed by atoms with E-state index in [0.29, 0.717) is 23.6 Å². The van der Waals surface area contributed by atoms with Crippen molar-refractivity contribution in [1.29, 1.82) is 0 Å². The largest absolute Gasteiger partial charge is 0.467 e. The van der Waals surface area contributed by atoms with E-state index >= 15 is 0 Å². The molecule has 0 bridgehead atoms. The summed E-state index contributed by atoms with van der Waals surface area (Å²) in [5, 5.41) is 13.8. The van der Waals surface area contributed by atoms with E-state index in [1.807, 2.05) is 6.92 Å². The van der Waals surface area contributed by atoms with Crippen LogP contribution in [0.15, 0.2) is 35.2 Å². The number of anilines is 1. The monoisotopic (exact) mass is 356 g/mol. The molecule has 0 aliphatic heterocycles. The van der Waals surface area contributed by atoms with Crippen molar-refractivity contribution in [1.82, 2.24) is 24.9 Å². The van der Waals surface area contributed by atoms with E-state index in [0.717, 1.165) is 5.69 Å². The smallest absolute Gasteiger partial charge is 0.274 e. The van der Waals surface area contributed by atoms with Crippen LogP contribution in [0.2, 0.25) is 0 Å². The lowest BCUT2D eigenvalue weighted by atomic mass is 10.2. The van der Waals surface area contributed by atoms with Gasteiger partial charge in [0.1, 0.15) is 5.76 Å². The number of furan rings is 1. The van der Waals surface area contributed by atoms with Crippen LogP contribution in [0.3, 0.4) is 0 Å². The van der Waals surface area contributed by atoms with Gasteiger partial charge in [0.15, 0.2) is 5.69 Å². The topological polar surface area (TPSA) is 107 Å². The zero-order valence-corrected chi connectivity index (χ0v) is 14.8. The van der Waals surface area contributed by atoms with E-state index in [1.54, 1.807) is 41.7 Å². The quantitative estimate of drug-likeness (QED) is 0.699. The van der Waals surface area contributed by atoms with E-state index < -0.39 is 5.91 Å². The van der Waals surface area contributed by atoms with Crippen LogP contribution in [0, 0.1) is 6.92 Å². The molecule has 0 saturated heterocycles. The van der Waals surface area contributed by atoms with Crippen molar-refractivity contribution < 1.29 is 14.0 Å². The van der Waals surface area contributed by atoms with E-state index in [2.05, 4.69) is 20.8 Å². The Labute approximate surface area is 150 Å². The van der Waals surface area contributed by atoms with E-state index in [4.69, 9.17) is 4.42 Å². The number of hydrogen-bond donors (Lipinski definition) is 2. The summed E-state index contributed by atoms with van der Waals surface area (Å²) in [6.07, 6.45) is 4.66. The normalized spacial score (nSPS) is 10.7. The average Bonchev–Trinajstić information content (AvgIpc) is 3.35. The van der Waals surface area contributed by atoms with Crippen molar-refractivity contribution in [3.05, 3.63) is 53.5 Å². The van der Waals surface area contributed by atoms with Crippen LogP contribution in [0.5, 0.6) is 0 Å². The standard InChI is InChI=1S/C17H20N6O3/c1-4-23-10-14(20-16(24)13-9-19-22(3)11(13)2)15(21-23)17(25)18-8-12-6-5-7-26-12/h5-7,9-10H,4,8H2,1-3H3,(H,18,25)(H,20,24). The van der Waals surface area contributed by atoms with Gasteiger partial charge in [-0.25, -0.2) is 0 Å². The Hall–Kier alpha value is -3.36. The average molecular weight is 356 g/mol. The fourth-order valence-corrected chi connectivity index (χ4v) is 2.42. The van der Waals surface area contributed by atoms with E-state index in [1.165, 1.54) is 12.5 Å². The molecule has 2 amide bonds. The summed E-state index contributed by atoms with van der Waals surface area (Å²) in [7, 11) is 1.76. The molecule has 26 heavy (non-hydrogen) atoms. The zero-order valence-electron chi connectivity index (χ0n) is 14.8. The molecule has 3 heterocycles. The van der Waals surface area contributed by atoms with E-state index in [9.17, 15) is 9.59 Å². The summed E-state index contributed by atoms with van der Waals surface area (Å²) < 4.78 is 8.40. The van der Waals surface area contributed by atoms with Gasteiger partial charge in [-0.05, 0) is 26.0 Å². The van der Waals surface area contributed by atoms with Gasteiger partial charge in [-0.15, -0.1) is 0 Å². The van der Waals surface area contributed by atoms with Gasteiger partial charge in [-0.1, -0.05) is 0 Å². The third kappa shape index (κ3) is 3.51. The molecular weight excluding hydrogens is 336 g/mol. The first-order chi connectivity index (χ1) is 12.5. The maximum Gasteiger partial charge on any atom is 0.274 e. The van der Waals surface area contributed by atoms with Gasteiger partial charge in [-0.3, -0.25) is 19.0 Å². The number of rotatable bonds is 6. The molecular formula is C17H20N6O3. The number of amides is 2. The molecule has 9 nitrogen and oxygen atoms in total. The number of aryl methyl sites for hydroxylation is 2. The molecule has 0 aromatic carbocycles. The van der Waals surface area contributed by atoms with Crippen molar-refractivity contribution >= 4 is 17.5 Å².